The SMILES string of the molecule is Cn1cc(CC(=O)C2C3CNC2C3)cn1. The van der Waals surface area contributed by atoms with Crippen LogP contribution in [0.5, 0.6) is 0 Å². The standard InChI is InChI=1S/C11H15N3O/c1-14-6-7(4-13-14)2-10(15)11-8-3-9(11)12-5-8/h4,6,8-9,11-12H,2-3,5H2,1H3. The average molecular weight is 205 g/mol. The van der Waals surface area contributed by atoms with Crippen molar-refractivity contribution in [2.24, 2.45) is 18.9 Å². The minimum Gasteiger partial charge on any atom is -0.313 e. The molecule has 2 aliphatic heterocycles. The van der Waals surface area contributed by atoms with Gasteiger partial charge in [-0.25, -0.2) is 0 Å². The third-order valence-corrected chi connectivity index (χ3v) is 3.65. The zero-order chi connectivity index (χ0) is 10.4. The van der Waals surface area contributed by atoms with E-state index >= 15 is 0 Å². The van der Waals surface area contributed by atoms with E-state index in [4.69, 9.17) is 0 Å². The largest absolute Gasteiger partial charge is 0.313 e. The number of hydrogen-bond acceptors (Lipinski definition) is 3. The van der Waals surface area contributed by atoms with E-state index in [-0.39, 0.29) is 5.92 Å². The third kappa shape index (κ3) is 1.40. The van der Waals surface area contributed by atoms with E-state index in [0.717, 1.165) is 12.1 Å². The number of aryl methyl sites for hydroxylation is 1. The first kappa shape index (κ1) is 9.09. The van der Waals surface area contributed by atoms with E-state index in [9.17, 15) is 4.79 Å². The second kappa shape index (κ2) is 3.17. The fourth-order valence-corrected chi connectivity index (χ4v) is 2.84. The van der Waals surface area contributed by atoms with Crippen LogP contribution in [0.25, 0.3) is 0 Å². The van der Waals surface area contributed by atoms with Crippen LogP contribution in [0.4, 0.5) is 0 Å². The molecule has 0 spiro atoms. The van der Waals surface area contributed by atoms with Gasteiger partial charge in [-0.15, -0.1) is 0 Å². The zero-order valence-corrected chi connectivity index (χ0v) is 8.81. The van der Waals surface area contributed by atoms with E-state index in [1.54, 1.807) is 10.9 Å². The van der Waals surface area contributed by atoms with Crippen molar-refractivity contribution in [2.75, 3.05) is 6.54 Å². The molecule has 1 N–H and O–H groups in total. The van der Waals surface area contributed by atoms with Crippen molar-refractivity contribution in [2.45, 2.75) is 18.9 Å². The summed E-state index contributed by atoms with van der Waals surface area (Å²) in [6, 6.07) is 0.471. The van der Waals surface area contributed by atoms with Crippen molar-refractivity contribution in [1.82, 2.24) is 15.1 Å². The van der Waals surface area contributed by atoms with Gasteiger partial charge in [0.2, 0.25) is 0 Å². The van der Waals surface area contributed by atoms with Crippen LogP contribution >= 0.6 is 0 Å². The van der Waals surface area contributed by atoms with E-state index in [0.29, 0.717) is 24.2 Å². The Hall–Kier alpha value is -1.16. The van der Waals surface area contributed by atoms with Crippen molar-refractivity contribution >= 4 is 5.78 Å². The molecule has 4 rings (SSSR count). The molecule has 3 atom stereocenters. The summed E-state index contributed by atoms with van der Waals surface area (Å²) < 4.78 is 1.75. The molecular weight excluding hydrogens is 190 g/mol. The van der Waals surface area contributed by atoms with Gasteiger partial charge in [-0.3, -0.25) is 9.48 Å². The number of fused-ring (bicyclic) bond motifs is 1. The lowest BCUT2D eigenvalue weighted by molar-refractivity contribution is -0.126. The van der Waals surface area contributed by atoms with Crippen LogP contribution in [0.15, 0.2) is 12.4 Å². The van der Waals surface area contributed by atoms with Crippen molar-refractivity contribution in [3.63, 3.8) is 0 Å². The predicted octanol–water partition coefficient (Wildman–Crippen LogP) is 0.140. The zero-order valence-electron chi connectivity index (χ0n) is 8.81. The molecule has 1 aromatic heterocycles. The van der Waals surface area contributed by atoms with Crippen LogP contribution in [0, 0.1) is 11.8 Å². The summed E-state index contributed by atoms with van der Waals surface area (Å²) in [7, 11) is 1.88. The number of nitrogens with zero attached hydrogens (tertiary/aromatic N) is 2. The molecule has 2 saturated heterocycles. The third-order valence-electron chi connectivity index (χ3n) is 3.65. The van der Waals surface area contributed by atoms with Gasteiger partial charge in [-0.2, -0.15) is 5.10 Å². The van der Waals surface area contributed by atoms with Crippen molar-refractivity contribution in [3.8, 4) is 0 Å². The topological polar surface area (TPSA) is 46.9 Å². The van der Waals surface area contributed by atoms with Crippen molar-refractivity contribution < 1.29 is 4.79 Å². The molecule has 3 unspecified atom stereocenters. The Morgan fingerprint density at radius 2 is 2.60 bits per heavy atom. The summed E-state index contributed by atoms with van der Waals surface area (Å²) >= 11 is 0. The fraction of sp³-hybridized carbons (Fsp3) is 0.636. The summed E-state index contributed by atoms with van der Waals surface area (Å²) in [6.07, 6.45) is 5.45. The van der Waals surface area contributed by atoms with Crippen molar-refractivity contribution in [3.05, 3.63) is 18.0 Å². The number of Topliss-reactive ketones (excluding diaryl/α,β-unsaturated/α-hetero) is 1. The Bertz CT molecular complexity index is 384. The highest BCUT2D eigenvalue weighted by molar-refractivity contribution is 5.85. The first-order valence-corrected chi connectivity index (χ1v) is 5.47. The molecule has 2 bridgehead atoms. The van der Waals surface area contributed by atoms with Gasteiger partial charge < -0.3 is 5.32 Å². The lowest BCUT2D eigenvalue weighted by Gasteiger charge is -2.32. The average Bonchev–Trinajstić information content (AvgIpc) is 2.79. The summed E-state index contributed by atoms with van der Waals surface area (Å²) in [4.78, 5) is 12.0. The summed E-state index contributed by atoms with van der Waals surface area (Å²) in [6.45, 7) is 1.04. The normalized spacial score (nSPS) is 32.7. The molecule has 0 aromatic carbocycles. The summed E-state index contributed by atoms with van der Waals surface area (Å²) in [5.41, 5.74) is 1.04. The minimum atomic E-state index is 0.283. The van der Waals surface area contributed by atoms with Crippen LogP contribution in [-0.4, -0.2) is 28.2 Å². The summed E-state index contributed by atoms with van der Waals surface area (Å²) in [5, 5.41) is 7.45. The van der Waals surface area contributed by atoms with E-state index in [1.807, 2.05) is 13.2 Å². The molecule has 4 nitrogen and oxygen atoms in total. The van der Waals surface area contributed by atoms with Gasteiger partial charge in [0.1, 0.15) is 5.78 Å². The van der Waals surface area contributed by atoms with Gasteiger partial charge in [-0.05, 0) is 24.4 Å². The first-order valence-electron chi connectivity index (χ1n) is 5.47. The lowest BCUT2D eigenvalue weighted by Crippen LogP contribution is -2.42. The minimum absolute atomic E-state index is 0.283. The second-order valence-electron chi connectivity index (χ2n) is 4.70. The molecule has 4 heteroatoms. The Morgan fingerprint density at radius 3 is 3.13 bits per heavy atom. The van der Waals surface area contributed by atoms with Crippen LogP contribution in [-0.2, 0) is 18.3 Å². The molecule has 1 aliphatic carbocycles. The molecule has 3 heterocycles. The van der Waals surface area contributed by atoms with Crippen LogP contribution in [0.3, 0.4) is 0 Å². The summed E-state index contributed by atoms with van der Waals surface area (Å²) in [5.74, 6) is 1.28. The molecular formula is C11H15N3O. The second-order valence-corrected chi connectivity index (χ2v) is 4.70. The number of rotatable bonds is 3. The van der Waals surface area contributed by atoms with E-state index in [1.165, 1.54) is 6.42 Å². The molecule has 1 saturated carbocycles. The smallest absolute Gasteiger partial charge is 0.142 e. The van der Waals surface area contributed by atoms with Gasteiger partial charge in [-0.1, -0.05) is 0 Å². The maximum absolute atomic E-state index is 12.0. The van der Waals surface area contributed by atoms with Crippen LogP contribution < -0.4 is 5.32 Å². The van der Waals surface area contributed by atoms with Gasteiger partial charge in [0.05, 0.1) is 6.20 Å². The lowest BCUT2D eigenvalue weighted by atomic mass is 9.70. The van der Waals surface area contributed by atoms with Crippen LogP contribution in [0.1, 0.15) is 12.0 Å². The van der Waals surface area contributed by atoms with E-state index in [2.05, 4.69) is 10.4 Å². The van der Waals surface area contributed by atoms with Gasteiger partial charge in [0.25, 0.3) is 0 Å². The Morgan fingerprint density at radius 1 is 1.73 bits per heavy atom. The molecule has 15 heavy (non-hydrogen) atoms. The van der Waals surface area contributed by atoms with Crippen molar-refractivity contribution in [1.29, 1.82) is 0 Å². The number of nitrogens with one attached hydrogen (secondary N) is 1. The number of aromatic nitrogens is 2. The number of carbonyl (C=O) groups is 1. The quantitative estimate of drug-likeness (QED) is 0.763. The van der Waals surface area contributed by atoms with Crippen LogP contribution in [0.2, 0.25) is 0 Å². The number of carbonyl (C=O) groups excluding carboxylic acids is 1. The maximum Gasteiger partial charge on any atom is 0.142 e. The first-order chi connectivity index (χ1) is 7.24. The van der Waals surface area contributed by atoms with E-state index < -0.39 is 0 Å². The molecule has 3 fully saturated rings. The molecule has 0 amide bonds. The fourth-order valence-electron chi connectivity index (χ4n) is 2.84. The molecule has 0 radical (unpaired) electrons. The predicted molar refractivity (Wildman–Crippen MR) is 55.3 cm³/mol. The highest BCUT2D eigenvalue weighted by Gasteiger charge is 2.49. The van der Waals surface area contributed by atoms with Gasteiger partial charge in [0, 0.05) is 31.6 Å². The number of hydrogen-bond donors (Lipinski definition) is 1. The van der Waals surface area contributed by atoms with Gasteiger partial charge >= 0.3 is 0 Å². The van der Waals surface area contributed by atoms with Gasteiger partial charge in [0.15, 0.2) is 0 Å². The Labute approximate surface area is 88.7 Å². The Balaban J connectivity index is 1.66. The maximum atomic E-state index is 12.0. The molecule has 80 valence electrons. The number of ketones is 1. The highest BCUT2D eigenvalue weighted by Crippen LogP contribution is 2.40. The highest BCUT2D eigenvalue weighted by atomic mass is 16.1. The monoisotopic (exact) mass is 205 g/mol. The molecule has 3 aliphatic rings. The molecule has 1 aromatic rings. The Kier molecular flexibility index (Phi) is 1.92.